The second kappa shape index (κ2) is 9.82. The minimum Gasteiger partial charge on any atom is -0.508 e. The van der Waals surface area contributed by atoms with E-state index in [2.05, 4.69) is 27.3 Å². The Morgan fingerprint density at radius 1 is 1.05 bits per heavy atom. The number of amides is 1. The van der Waals surface area contributed by atoms with Crippen molar-refractivity contribution >= 4 is 28.0 Å². The number of fused-ring (bicyclic) bond motifs is 4. The second-order valence-electron chi connectivity index (χ2n) is 13.1. The van der Waals surface area contributed by atoms with E-state index in [0.29, 0.717) is 28.9 Å². The summed E-state index contributed by atoms with van der Waals surface area (Å²) in [5.74, 6) is 2.74. The maximum Gasteiger partial charge on any atom is 0.254 e. The lowest BCUT2D eigenvalue weighted by molar-refractivity contribution is 0.0700. The van der Waals surface area contributed by atoms with Gasteiger partial charge in [-0.1, -0.05) is 0 Å². The summed E-state index contributed by atoms with van der Waals surface area (Å²) in [6, 6.07) is 14.0. The van der Waals surface area contributed by atoms with E-state index in [9.17, 15) is 9.90 Å². The lowest BCUT2D eigenvalue weighted by Gasteiger charge is -2.27. The van der Waals surface area contributed by atoms with Crippen LogP contribution in [0.2, 0.25) is 0 Å². The molecule has 3 aliphatic rings. The van der Waals surface area contributed by atoms with Crippen molar-refractivity contribution in [1.29, 1.82) is 0 Å². The zero-order valence-corrected chi connectivity index (χ0v) is 25.7. The molecule has 1 saturated heterocycles. The normalized spacial score (nSPS) is 21.2. The highest BCUT2D eigenvalue weighted by molar-refractivity contribution is 6.00. The number of ether oxygens (including phenoxy) is 1. The third-order valence-electron chi connectivity index (χ3n) is 10.5. The molecule has 1 aliphatic heterocycles. The van der Waals surface area contributed by atoms with Crippen molar-refractivity contribution in [3.05, 3.63) is 59.2 Å². The monoisotopic (exact) mass is 590 g/mol. The SMILES string of the molecule is COc1cc(C(=O)N2CC3CCC2[C@@H]3N)cc2nc(-c3cc4ccc(-c5ccc(O)c(C)c5C)nc4n3CC3CC3)n(C)c12. The van der Waals surface area contributed by atoms with Crippen LogP contribution in [0.4, 0.5) is 0 Å². The number of benzene rings is 2. The predicted octanol–water partition coefficient (Wildman–Crippen LogP) is 5.56. The summed E-state index contributed by atoms with van der Waals surface area (Å²) in [6.45, 7) is 5.55. The Morgan fingerprint density at radius 3 is 2.57 bits per heavy atom. The van der Waals surface area contributed by atoms with Gasteiger partial charge in [-0.05, 0) is 105 Å². The average molecular weight is 591 g/mol. The highest BCUT2D eigenvalue weighted by Crippen LogP contribution is 2.40. The maximum absolute atomic E-state index is 13.7. The Morgan fingerprint density at radius 2 is 1.86 bits per heavy atom. The fourth-order valence-electron chi connectivity index (χ4n) is 7.56. The Bertz CT molecular complexity index is 1990. The van der Waals surface area contributed by atoms with Crippen LogP contribution in [0.3, 0.4) is 0 Å². The van der Waals surface area contributed by atoms with Gasteiger partial charge in [0, 0.05) is 48.7 Å². The first-order chi connectivity index (χ1) is 21.2. The van der Waals surface area contributed by atoms with Crippen LogP contribution in [0.25, 0.3) is 44.8 Å². The molecule has 0 radical (unpaired) electrons. The van der Waals surface area contributed by atoms with E-state index in [1.54, 1.807) is 13.2 Å². The quantitative estimate of drug-likeness (QED) is 0.268. The van der Waals surface area contributed by atoms with E-state index in [4.69, 9.17) is 20.4 Å². The van der Waals surface area contributed by atoms with Crippen molar-refractivity contribution in [1.82, 2.24) is 24.0 Å². The van der Waals surface area contributed by atoms with E-state index < -0.39 is 0 Å². The summed E-state index contributed by atoms with van der Waals surface area (Å²) in [7, 11) is 3.65. The molecule has 226 valence electrons. The number of likely N-dealkylation sites (tertiary alicyclic amines) is 1. The lowest BCUT2D eigenvalue weighted by atomic mass is 9.99. The van der Waals surface area contributed by atoms with Gasteiger partial charge in [-0.25, -0.2) is 9.97 Å². The van der Waals surface area contributed by atoms with Crippen molar-refractivity contribution in [2.24, 2.45) is 24.6 Å². The molecule has 9 heteroatoms. The molecule has 44 heavy (non-hydrogen) atoms. The topological polar surface area (TPSA) is 111 Å². The first-order valence-electron chi connectivity index (χ1n) is 15.6. The van der Waals surface area contributed by atoms with Gasteiger partial charge in [0.15, 0.2) is 5.82 Å². The van der Waals surface area contributed by atoms with Gasteiger partial charge in [0.1, 0.15) is 22.7 Å². The molecule has 2 aromatic carbocycles. The van der Waals surface area contributed by atoms with Crippen LogP contribution < -0.4 is 10.5 Å². The van der Waals surface area contributed by atoms with Crippen molar-refractivity contribution in [2.75, 3.05) is 13.7 Å². The molecule has 3 N–H and O–H groups in total. The first kappa shape index (κ1) is 27.2. The number of nitrogens with zero attached hydrogens (tertiary/aromatic N) is 5. The van der Waals surface area contributed by atoms with Gasteiger partial charge in [0.05, 0.1) is 24.0 Å². The van der Waals surface area contributed by atoms with Crippen LogP contribution in [0.15, 0.2) is 42.5 Å². The molecule has 1 amide bonds. The number of phenolic OH excluding ortho intramolecular Hbond substituents is 1. The largest absolute Gasteiger partial charge is 0.508 e. The molecule has 4 heterocycles. The van der Waals surface area contributed by atoms with Crippen molar-refractivity contribution in [3.8, 4) is 34.3 Å². The zero-order chi connectivity index (χ0) is 30.4. The Kier molecular flexibility index (Phi) is 6.07. The second-order valence-corrected chi connectivity index (χ2v) is 13.1. The number of imidazole rings is 1. The van der Waals surface area contributed by atoms with Gasteiger partial charge >= 0.3 is 0 Å². The third-order valence-corrected chi connectivity index (χ3v) is 10.5. The van der Waals surface area contributed by atoms with Crippen LogP contribution in [0.1, 0.15) is 47.2 Å². The number of hydrogen-bond donors (Lipinski definition) is 2. The third kappa shape index (κ3) is 4.05. The summed E-state index contributed by atoms with van der Waals surface area (Å²) in [5.41, 5.74) is 14.3. The predicted molar refractivity (Wildman–Crippen MR) is 171 cm³/mol. The number of aromatic hydroxyl groups is 1. The van der Waals surface area contributed by atoms with Crippen LogP contribution in [-0.4, -0.2) is 60.8 Å². The standard InChI is InChI=1S/C35H38N6O3/c1-18-19(2)29(42)12-9-24(18)25-10-7-21-14-28(40(33(21)37-25)16-20-5-6-20)34-38-26-13-23(15-30(44-4)32(26)39(34)3)35(43)41-17-22-8-11-27(41)31(22)36/h7,9-10,12-15,20,22,27,31,42H,5-6,8,11,16-17,36H2,1-4H3/t22?,27?,31-/m1/s1. The fourth-order valence-corrected chi connectivity index (χ4v) is 7.56. The lowest BCUT2D eigenvalue weighted by Crippen LogP contribution is -2.41. The van der Waals surface area contributed by atoms with E-state index in [1.807, 2.05) is 44.0 Å². The summed E-state index contributed by atoms with van der Waals surface area (Å²) < 4.78 is 10.2. The van der Waals surface area contributed by atoms with Crippen LogP contribution in [-0.2, 0) is 13.6 Å². The van der Waals surface area contributed by atoms with Crippen LogP contribution in [0, 0.1) is 25.7 Å². The number of phenols is 1. The number of methoxy groups -OCH3 is 1. The Balaban J connectivity index is 1.25. The van der Waals surface area contributed by atoms with Crippen molar-refractivity contribution in [2.45, 2.75) is 58.2 Å². The number of aryl methyl sites for hydroxylation is 1. The Hall–Kier alpha value is -4.37. The van der Waals surface area contributed by atoms with Gasteiger partial charge in [-0.15, -0.1) is 0 Å². The minimum absolute atomic E-state index is 0.000564. The molecule has 2 unspecified atom stereocenters. The number of aromatic nitrogens is 4. The molecule has 3 aromatic heterocycles. The number of pyridine rings is 1. The molecule has 2 bridgehead atoms. The fraction of sp³-hybridized carbons (Fsp3) is 0.400. The molecule has 2 aliphatic carbocycles. The van der Waals surface area contributed by atoms with Gasteiger partial charge in [0.2, 0.25) is 0 Å². The summed E-state index contributed by atoms with van der Waals surface area (Å²) in [5, 5.41) is 11.3. The number of carbonyl (C=O) groups excluding carboxylic acids is 1. The molecule has 3 fully saturated rings. The molecule has 9 nitrogen and oxygen atoms in total. The molecule has 8 rings (SSSR count). The van der Waals surface area contributed by atoms with Gasteiger partial charge < -0.3 is 29.6 Å². The smallest absolute Gasteiger partial charge is 0.254 e. The molecular weight excluding hydrogens is 552 g/mol. The molecule has 2 saturated carbocycles. The zero-order valence-electron chi connectivity index (χ0n) is 25.7. The molecule has 0 spiro atoms. The van der Waals surface area contributed by atoms with E-state index in [1.165, 1.54) is 12.8 Å². The number of carbonyl (C=O) groups is 1. The van der Waals surface area contributed by atoms with Crippen molar-refractivity contribution < 1.29 is 14.6 Å². The number of hydrogen-bond acceptors (Lipinski definition) is 6. The number of nitrogens with two attached hydrogens (primary N) is 1. The highest BCUT2D eigenvalue weighted by Gasteiger charge is 2.47. The average Bonchev–Trinajstić information content (AvgIpc) is 3.43. The van der Waals surface area contributed by atoms with Crippen LogP contribution >= 0.6 is 0 Å². The Labute approximate surface area is 256 Å². The van der Waals surface area contributed by atoms with Crippen LogP contribution in [0.5, 0.6) is 11.5 Å². The van der Waals surface area contributed by atoms with Gasteiger partial charge in [-0.2, -0.15) is 0 Å². The summed E-state index contributed by atoms with van der Waals surface area (Å²) in [6.07, 6.45) is 4.48. The van der Waals surface area contributed by atoms with E-state index >= 15 is 0 Å². The number of piperidine rings is 1. The maximum atomic E-state index is 13.7. The molecule has 3 atom stereocenters. The first-order valence-corrected chi connectivity index (χ1v) is 15.6. The minimum atomic E-state index is -0.000564. The van der Waals surface area contributed by atoms with Gasteiger partial charge in [-0.3, -0.25) is 4.79 Å². The van der Waals surface area contributed by atoms with E-state index in [0.717, 1.165) is 81.9 Å². The highest BCUT2D eigenvalue weighted by atomic mass is 16.5. The summed E-state index contributed by atoms with van der Waals surface area (Å²) in [4.78, 5) is 26.0. The number of rotatable bonds is 6. The molecular formula is C35H38N6O3. The summed E-state index contributed by atoms with van der Waals surface area (Å²) >= 11 is 0. The molecule has 5 aromatic rings. The van der Waals surface area contributed by atoms with Crippen molar-refractivity contribution in [3.63, 3.8) is 0 Å². The van der Waals surface area contributed by atoms with Gasteiger partial charge in [0.25, 0.3) is 5.91 Å². The van der Waals surface area contributed by atoms with E-state index in [-0.39, 0.29) is 18.0 Å².